The highest BCUT2D eigenvalue weighted by atomic mass is 32.2. The third kappa shape index (κ3) is 3.96. The molecule has 32 heavy (non-hydrogen) atoms. The topological polar surface area (TPSA) is 87.8 Å². The van der Waals surface area contributed by atoms with Crippen LogP contribution in [0, 0.1) is 11.3 Å². The molecule has 1 saturated carbocycles. The van der Waals surface area contributed by atoms with Gasteiger partial charge in [-0.25, -0.2) is 4.98 Å². The van der Waals surface area contributed by atoms with Crippen molar-refractivity contribution in [1.29, 1.82) is 5.26 Å². The van der Waals surface area contributed by atoms with E-state index in [4.69, 9.17) is 4.98 Å². The van der Waals surface area contributed by atoms with Crippen LogP contribution in [0.3, 0.4) is 0 Å². The number of fused-ring (bicyclic) bond motifs is 3. The highest BCUT2D eigenvalue weighted by molar-refractivity contribution is 7.99. The third-order valence-electron chi connectivity index (χ3n) is 6.33. The second-order valence-electron chi connectivity index (χ2n) is 8.39. The summed E-state index contributed by atoms with van der Waals surface area (Å²) in [6.45, 7) is 0. The van der Waals surface area contributed by atoms with Crippen LogP contribution in [0.4, 0.5) is 5.69 Å². The van der Waals surface area contributed by atoms with Crippen LogP contribution in [-0.4, -0.2) is 21.2 Å². The number of thiophene rings is 1. The van der Waals surface area contributed by atoms with Gasteiger partial charge < -0.3 is 5.32 Å². The molecule has 2 heterocycles. The fraction of sp³-hybridized carbons (Fsp3) is 0.417. The molecule has 2 aromatic heterocycles. The number of rotatable bonds is 5. The zero-order valence-corrected chi connectivity index (χ0v) is 19.4. The molecule has 0 unspecified atom stereocenters. The van der Waals surface area contributed by atoms with E-state index in [-0.39, 0.29) is 23.3 Å². The number of thioether (sulfide) groups is 1. The maximum atomic E-state index is 13.7. The quantitative estimate of drug-likeness (QED) is 0.421. The van der Waals surface area contributed by atoms with Crippen LogP contribution in [-0.2, 0) is 17.6 Å². The standard InChI is InChI=1S/C24H24N4O2S2/c25-13-15-7-1-5-11-18(15)26-20(29)14-31-24-27-22-21(17-10-4-6-12-19(17)32-22)23(30)28(24)16-8-2-3-9-16/h1,5,7,11,16H,2-4,6,8-10,12,14H2,(H,26,29). The monoisotopic (exact) mass is 464 g/mol. The zero-order valence-electron chi connectivity index (χ0n) is 17.7. The normalized spacial score (nSPS) is 16.1. The van der Waals surface area contributed by atoms with Crippen molar-refractivity contribution in [1.82, 2.24) is 9.55 Å². The number of aromatic nitrogens is 2. The van der Waals surface area contributed by atoms with Crippen LogP contribution in [0.2, 0.25) is 0 Å². The van der Waals surface area contributed by atoms with Crippen LogP contribution >= 0.6 is 23.1 Å². The van der Waals surface area contributed by atoms with Crippen LogP contribution < -0.4 is 10.9 Å². The van der Waals surface area contributed by atoms with E-state index in [2.05, 4.69) is 11.4 Å². The number of hydrogen-bond donors (Lipinski definition) is 1. The van der Waals surface area contributed by atoms with Gasteiger partial charge in [-0.15, -0.1) is 11.3 Å². The number of benzene rings is 1. The van der Waals surface area contributed by atoms with Crippen LogP contribution in [0.1, 0.15) is 60.6 Å². The molecule has 164 valence electrons. The molecule has 1 aromatic carbocycles. The highest BCUT2D eigenvalue weighted by Crippen LogP contribution is 2.37. The van der Waals surface area contributed by atoms with Gasteiger partial charge in [0.05, 0.1) is 22.4 Å². The fourth-order valence-corrected chi connectivity index (χ4v) is 6.96. The molecule has 5 rings (SSSR count). The van der Waals surface area contributed by atoms with E-state index in [1.54, 1.807) is 35.6 Å². The zero-order chi connectivity index (χ0) is 22.1. The minimum Gasteiger partial charge on any atom is -0.324 e. The number of nitrogens with one attached hydrogen (secondary N) is 1. The molecular formula is C24H24N4O2S2. The minimum atomic E-state index is -0.213. The Bertz CT molecular complexity index is 1280. The number of aryl methyl sites for hydroxylation is 2. The number of nitriles is 1. The molecule has 0 atom stereocenters. The van der Waals surface area contributed by atoms with Crippen LogP contribution in [0.15, 0.2) is 34.2 Å². The average molecular weight is 465 g/mol. The fourth-order valence-electron chi connectivity index (χ4n) is 4.79. The van der Waals surface area contributed by atoms with E-state index in [0.717, 1.165) is 55.2 Å². The first-order valence-electron chi connectivity index (χ1n) is 11.1. The third-order valence-corrected chi connectivity index (χ3v) is 8.47. The van der Waals surface area contributed by atoms with Crippen LogP contribution in [0.25, 0.3) is 10.2 Å². The summed E-state index contributed by atoms with van der Waals surface area (Å²) in [4.78, 5) is 33.3. The number of nitrogens with zero attached hydrogens (tertiary/aromatic N) is 3. The van der Waals surface area contributed by atoms with Gasteiger partial charge in [0.15, 0.2) is 5.16 Å². The Morgan fingerprint density at radius 2 is 2.00 bits per heavy atom. The number of amides is 1. The summed E-state index contributed by atoms with van der Waals surface area (Å²) in [6, 6.07) is 9.20. The number of carbonyl (C=O) groups is 1. The molecule has 0 aliphatic heterocycles. The van der Waals surface area contributed by atoms with Gasteiger partial charge in [0.25, 0.3) is 5.56 Å². The Morgan fingerprint density at radius 1 is 1.22 bits per heavy atom. The van der Waals surface area contributed by atoms with E-state index in [1.807, 2.05) is 4.57 Å². The number of para-hydroxylation sites is 1. The molecule has 0 spiro atoms. The SMILES string of the molecule is N#Cc1ccccc1NC(=O)CSc1nc2sc3c(c2c(=O)n1C1CCCC1)CCCC3. The van der Waals surface area contributed by atoms with E-state index >= 15 is 0 Å². The van der Waals surface area contributed by atoms with Crippen molar-refractivity contribution in [2.24, 2.45) is 0 Å². The molecule has 1 amide bonds. The van der Waals surface area contributed by atoms with Crippen LogP contribution in [0.5, 0.6) is 0 Å². The van der Waals surface area contributed by atoms with Gasteiger partial charge in [-0.05, 0) is 56.2 Å². The summed E-state index contributed by atoms with van der Waals surface area (Å²) in [5.41, 5.74) is 2.21. The molecule has 0 radical (unpaired) electrons. The Hall–Kier alpha value is -2.63. The van der Waals surface area contributed by atoms with Crippen molar-refractivity contribution in [3.05, 3.63) is 50.6 Å². The lowest BCUT2D eigenvalue weighted by atomic mass is 9.97. The van der Waals surface area contributed by atoms with E-state index < -0.39 is 0 Å². The van der Waals surface area contributed by atoms with Crippen molar-refractivity contribution >= 4 is 44.9 Å². The first-order chi connectivity index (χ1) is 15.7. The summed E-state index contributed by atoms with van der Waals surface area (Å²) >= 11 is 2.96. The van der Waals surface area contributed by atoms with Crippen molar-refractivity contribution in [2.75, 3.05) is 11.1 Å². The second kappa shape index (κ2) is 9.08. The van der Waals surface area contributed by atoms with Gasteiger partial charge in [0.2, 0.25) is 5.91 Å². The largest absolute Gasteiger partial charge is 0.324 e. The Balaban J connectivity index is 1.46. The lowest BCUT2D eigenvalue weighted by molar-refractivity contribution is -0.113. The maximum Gasteiger partial charge on any atom is 0.263 e. The molecule has 3 aromatic rings. The summed E-state index contributed by atoms with van der Waals surface area (Å²) in [5.74, 6) is -0.0781. The summed E-state index contributed by atoms with van der Waals surface area (Å²) < 4.78 is 1.87. The second-order valence-corrected chi connectivity index (χ2v) is 10.4. The van der Waals surface area contributed by atoms with Crippen molar-refractivity contribution in [3.8, 4) is 6.07 Å². The summed E-state index contributed by atoms with van der Waals surface area (Å²) in [7, 11) is 0. The molecule has 8 heteroatoms. The maximum absolute atomic E-state index is 13.7. The van der Waals surface area contributed by atoms with Gasteiger partial charge in [0, 0.05) is 10.9 Å². The predicted octanol–water partition coefficient (Wildman–Crippen LogP) is 5.05. The average Bonchev–Trinajstić information content (AvgIpc) is 3.46. The number of anilines is 1. The molecule has 0 saturated heterocycles. The smallest absolute Gasteiger partial charge is 0.263 e. The minimum absolute atomic E-state index is 0.0686. The number of carbonyl (C=O) groups excluding carboxylic acids is 1. The molecule has 1 N–H and O–H groups in total. The summed E-state index contributed by atoms with van der Waals surface area (Å²) in [6.07, 6.45) is 8.49. The summed E-state index contributed by atoms with van der Waals surface area (Å²) in [5, 5.41) is 13.5. The van der Waals surface area contributed by atoms with Gasteiger partial charge in [-0.3, -0.25) is 14.2 Å². The van der Waals surface area contributed by atoms with Crippen molar-refractivity contribution in [3.63, 3.8) is 0 Å². The van der Waals surface area contributed by atoms with Gasteiger partial charge in [0.1, 0.15) is 10.9 Å². The molecule has 1 fully saturated rings. The Morgan fingerprint density at radius 3 is 2.81 bits per heavy atom. The van der Waals surface area contributed by atoms with E-state index in [9.17, 15) is 14.9 Å². The van der Waals surface area contributed by atoms with Crippen molar-refractivity contribution in [2.45, 2.75) is 62.6 Å². The molecule has 0 bridgehead atoms. The van der Waals surface area contributed by atoms with E-state index in [1.165, 1.54) is 28.6 Å². The number of hydrogen-bond acceptors (Lipinski definition) is 6. The van der Waals surface area contributed by atoms with E-state index in [0.29, 0.717) is 16.4 Å². The molecule has 2 aliphatic rings. The predicted molar refractivity (Wildman–Crippen MR) is 129 cm³/mol. The van der Waals surface area contributed by atoms with Gasteiger partial charge in [-0.2, -0.15) is 5.26 Å². The molecular weight excluding hydrogens is 440 g/mol. The van der Waals surface area contributed by atoms with Gasteiger partial charge in [-0.1, -0.05) is 36.7 Å². The van der Waals surface area contributed by atoms with Crippen molar-refractivity contribution < 1.29 is 4.79 Å². The first kappa shape index (κ1) is 21.2. The Kier molecular flexibility index (Phi) is 6.03. The first-order valence-corrected chi connectivity index (χ1v) is 12.9. The Labute approximate surface area is 194 Å². The lowest BCUT2D eigenvalue weighted by Gasteiger charge is -2.18. The molecule has 2 aliphatic carbocycles. The lowest BCUT2D eigenvalue weighted by Crippen LogP contribution is -2.27. The highest BCUT2D eigenvalue weighted by Gasteiger charge is 2.27. The molecule has 6 nitrogen and oxygen atoms in total. The van der Waals surface area contributed by atoms with Gasteiger partial charge >= 0.3 is 0 Å².